The summed E-state index contributed by atoms with van der Waals surface area (Å²) >= 11 is 0. The molecule has 0 radical (unpaired) electrons. The van der Waals surface area contributed by atoms with Crippen molar-refractivity contribution in [2.75, 3.05) is 34.3 Å². The van der Waals surface area contributed by atoms with Gasteiger partial charge in [0.05, 0.1) is 7.11 Å². The van der Waals surface area contributed by atoms with Crippen LogP contribution in [0.15, 0.2) is 18.2 Å². The fourth-order valence-electron chi connectivity index (χ4n) is 4.05. The molecular weight excluding hydrogens is 388 g/mol. The molecule has 6 heteroatoms. The number of ether oxygens (including phenoxy) is 1. The Morgan fingerprint density at radius 1 is 1.14 bits per heavy atom. The van der Waals surface area contributed by atoms with Crippen LogP contribution in [0.3, 0.4) is 0 Å². The molecule has 29 heavy (non-hydrogen) atoms. The van der Waals surface area contributed by atoms with Crippen LogP contribution in [-0.4, -0.2) is 61.2 Å². The van der Waals surface area contributed by atoms with Gasteiger partial charge < -0.3 is 19.6 Å². The molecular formula is C23H39ClN2O3. The van der Waals surface area contributed by atoms with Crippen molar-refractivity contribution in [3.05, 3.63) is 23.8 Å². The molecule has 0 spiro atoms. The van der Waals surface area contributed by atoms with Crippen LogP contribution in [0.2, 0.25) is 0 Å². The van der Waals surface area contributed by atoms with E-state index in [0.717, 1.165) is 50.3 Å². The summed E-state index contributed by atoms with van der Waals surface area (Å²) in [5.74, 6) is 1.64. The van der Waals surface area contributed by atoms with E-state index in [9.17, 15) is 9.90 Å². The van der Waals surface area contributed by atoms with Crippen molar-refractivity contribution >= 4 is 18.3 Å². The summed E-state index contributed by atoms with van der Waals surface area (Å²) in [6, 6.07) is 5.74. The zero-order chi connectivity index (χ0) is 20.5. The van der Waals surface area contributed by atoms with E-state index in [-0.39, 0.29) is 24.1 Å². The lowest BCUT2D eigenvalue weighted by Gasteiger charge is -2.36. The molecule has 0 aromatic heterocycles. The number of carbonyl (C=O) groups excluding carboxylic acids is 1. The van der Waals surface area contributed by atoms with Crippen LogP contribution in [0.4, 0.5) is 0 Å². The monoisotopic (exact) mass is 426 g/mol. The molecule has 1 aliphatic rings. The lowest BCUT2D eigenvalue weighted by molar-refractivity contribution is -0.134. The highest BCUT2D eigenvalue weighted by atomic mass is 35.5. The summed E-state index contributed by atoms with van der Waals surface area (Å²) in [6.45, 7) is 4.25. The van der Waals surface area contributed by atoms with E-state index in [1.54, 1.807) is 13.2 Å². The summed E-state index contributed by atoms with van der Waals surface area (Å²) in [7, 11) is 5.73. The van der Waals surface area contributed by atoms with Crippen molar-refractivity contribution in [3.63, 3.8) is 0 Å². The molecule has 1 saturated carbocycles. The first-order valence-electron chi connectivity index (χ1n) is 10.7. The first-order chi connectivity index (χ1) is 13.4. The molecule has 0 bridgehead atoms. The molecule has 2 rings (SSSR count). The maximum absolute atomic E-state index is 13.1. The third-order valence-corrected chi connectivity index (χ3v) is 5.87. The molecule has 0 atom stereocenters. The normalized spacial score (nSPS) is 18.9. The molecule has 1 aromatic rings. The summed E-state index contributed by atoms with van der Waals surface area (Å²) in [5.41, 5.74) is 1.02. The van der Waals surface area contributed by atoms with Crippen LogP contribution in [-0.2, 0) is 11.2 Å². The number of phenols is 1. The zero-order valence-electron chi connectivity index (χ0n) is 18.5. The summed E-state index contributed by atoms with van der Waals surface area (Å²) in [4.78, 5) is 17.4. The van der Waals surface area contributed by atoms with Gasteiger partial charge in [0.25, 0.3) is 0 Å². The van der Waals surface area contributed by atoms with Gasteiger partial charge >= 0.3 is 0 Å². The van der Waals surface area contributed by atoms with Gasteiger partial charge in [0.1, 0.15) is 0 Å². The molecule has 1 fully saturated rings. The largest absolute Gasteiger partial charge is 0.504 e. The molecule has 1 aliphatic carbocycles. The Kier molecular flexibility index (Phi) is 11.4. The third kappa shape index (κ3) is 8.43. The maximum Gasteiger partial charge on any atom is 0.223 e. The number of aromatic hydroxyl groups is 1. The zero-order valence-corrected chi connectivity index (χ0v) is 19.3. The number of unbranched alkanes of at least 4 members (excludes halogenated alkanes) is 1. The lowest BCUT2D eigenvalue weighted by atomic mass is 9.86. The van der Waals surface area contributed by atoms with Gasteiger partial charge in [-0.3, -0.25) is 4.79 Å². The van der Waals surface area contributed by atoms with Gasteiger partial charge in [-0.25, -0.2) is 0 Å². The van der Waals surface area contributed by atoms with Crippen molar-refractivity contribution in [1.29, 1.82) is 0 Å². The Morgan fingerprint density at radius 2 is 1.79 bits per heavy atom. The summed E-state index contributed by atoms with van der Waals surface area (Å²) in [6.07, 6.45) is 8.07. The molecule has 0 saturated heterocycles. The van der Waals surface area contributed by atoms with Gasteiger partial charge in [0.2, 0.25) is 5.91 Å². The number of aryl methyl sites for hydroxylation is 1. The maximum atomic E-state index is 13.1. The number of nitrogens with zero attached hydrogens (tertiary/aromatic N) is 2. The van der Waals surface area contributed by atoms with E-state index < -0.39 is 0 Å². The number of benzene rings is 1. The second kappa shape index (κ2) is 13.0. The number of rotatable bonds is 10. The Bertz CT molecular complexity index is 616. The van der Waals surface area contributed by atoms with Gasteiger partial charge in [0, 0.05) is 19.0 Å². The number of phenolic OH excluding ortho intramolecular Hbond substituents is 1. The molecule has 1 amide bonds. The smallest absolute Gasteiger partial charge is 0.223 e. The fourth-order valence-corrected chi connectivity index (χ4v) is 4.05. The quantitative estimate of drug-likeness (QED) is 0.559. The molecule has 1 aromatic carbocycles. The summed E-state index contributed by atoms with van der Waals surface area (Å²) < 4.78 is 5.18. The Labute approximate surface area is 182 Å². The number of carbonyl (C=O) groups is 1. The second-order valence-corrected chi connectivity index (χ2v) is 8.52. The third-order valence-electron chi connectivity index (χ3n) is 5.87. The van der Waals surface area contributed by atoms with Gasteiger partial charge in [-0.15, -0.1) is 12.4 Å². The van der Waals surface area contributed by atoms with E-state index >= 15 is 0 Å². The minimum absolute atomic E-state index is 0. The molecule has 0 aliphatic heterocycles. The highest BCUT2D eigenvalue weighted by Gasteiger charge is 2.27. The molecule has 5 nitrogen and oxygen atoms in total. The van der Waals surface area contributed by atoms with Crippen molar-refractivity contribution in [2.45, 2.75) is 64.3 Å². The minimum Gasteiger partial charge on any atom is -0.504 e. The van der Waals surface area contributed by atoms with Crippen molar-refractivity contribution in [2.24, 2.45) is 5.92 Å². The predicted molar refractivity (Wildman–Crippen MR) is 121 cm³/mol. The average molecular weight is 427 g/mol. The Morgan fingerprint density at radius 3 is 2.41 bits per heavy atom. The molecule has 0 heterocycles. The van der Waals surface area contributed by atoms with Crippen LogP contribution in [0.5, 0.6) is 11.5 Å². The van der Waals surface area contributed by atoms with E-state index in [4.69, 9.17) is 4.74 Å². The highest BCUT2D eigenvalue weighted by molar-refractivity contribution is 5.85. The lowest BCUT2D eigenvalue weighted by Crippen LogP contribution is -2.43. The van der Waals surface area contributed by atoms with Crippen molar-refractivity contribution < 1.29 is 14.6 Å². The van der Waals surface area contributed by atoms with E-state index in [0.29, 0.717) is 24.6 Å². The molecule has 0 unspecified atom stereocenters. The molecule has 1 N–H and O–H groups in total. The summed E-state index contributed by atoms with van der Waals surface area (Å²) in [5, 5.41) is 9.75. The Hall–Kier alpha value is -1.46. The van der Waals surface area contributed by atoms with Crippen LogP contribution >= 0.6 is 12.4 Å². The first kappa shape index (κ1) is 25.6. The van der Waals surface area contributed by atoms with Crippen LogP contribution in [0.1, 0.15) is 57.4 Å². The predicted octanol–water partition coefficient (Wildman–Crippen LogP) is 4.50. The Balaban J connectivity index is 0.00000420. The fraction of sp³-hybridized carbons (Fsp3) is 0.696. The minimum atomic E-state index is 0. The first-order valence-corrected chi connectivity index (χ1v) is 10.7. The van der Waals surface area contributed by atoms with E-state index in [2.05, 4.69) is 30.8 Å². The van der Waals surface area contributed by atoms with Crippen molar-refractivity contribution in [1.82, 2.24) is 9.80 Å². The highest BCUT2D eigenvalue weighted by Crippen LogP contribution is 2.29. The SMILES string of the molecule is COc1cc(CCC(=O)N(CCCCN(C)C)[C@H]2CC[C@H](C)CC2)ccc1O.Cl. The van der Waals surface area contributed by atoms with E-state index in [1.807, 2.05) is 12.1 Å². The van der Waals surface area contributed by atoms with Gasteiger partial charge in [-0.05, 0) is 89.2 Å². The van der Waals surface area contributed by atoms with Crippen LogP contribution in [0, 0.1) is 5.92 Å². The standard InChI is InChI=1S/C23H38N2O3.ClH/c1-18-7-11-20(12-8-18)25(16-6-5-15-24(2)3)23(27)14-10-19-9-13-21(26)22(17-19)28-4;/h9,13,17-18,20,26H,5-8,10-12,14-16H2,1-4H3;1H/t18-,20-;. The number of halogens is 1. The van der Waals surface area contributed by atoms with Crippen molar-refractivity contribution in [3.8, 4) is 11.5 Å². The van der Waals surface area contributed by atoms with Crippen LogP contribution < -0.4 is 4.74 Å². The number of methoxy groups -OCH3 is 1. The number of hydrogen-bond acceptors (Lipinski definition) is 4. The van der Waals surface area contributed by atoms with Gasteiger partial charge in [-0.1, -0.05) is 13.0 Å². The molecule has 166 valence electrons. The van der Waals surface area contributed by atoms with E-state index in [1.165, 1.54) is 12.8 Å². The second-order valence-electron chi connectivity index (χ2n) is 8.52. The van der Waals surface area contributed by atoms with Gasteiger partial charge in [0.15, 0.2) is 11.5 Å². The number of hydrogen-bond donors (Lipinski definition) is 1. The van der Waals surface area contributed by atoms with Gasteiger partial charge in [-0.2, -0.15) is 0 Å². The van der Waals surface area contributed by atoms with Crippen LogP contribution in [0.25, 0.3) is 0 Å². The number of amides is 1. The average Bonchev–Trinajstić information content (AvgIpc) is 2.68. The topological polar surface area (TPSA) is 53.0 Å².